The van der Waals surface area contributed by atoms with Gasteiger partial charge >= 0.3 is 0 Å². The molecule has 1 saturated carbocycles. The van der Waals surface area contributed by atoms with E-state index in [4.69, 9.17) is 0 Å². The van der Waals surface area contributed by atoms with E-state index in [2.05, 4.69) is 63.4 Å². The van der Waals surface area contributed by atoms with Crippen molar-refractivity contribution in [3.05, 3.63) is 59.9 Å². The fraction of sp³-hybridized carbons (Fsp3) is 0.556. The first-order chi connectivity index (χ1) is 15.7. The van der Waals surface area contributed by atoms with Crippen molar-refractivity contribution in [2.24, 2.45) is 5.92 Å². The third-order valence-electron chi connectivity index (χ3n) is 7.91. The maximum Gasteiger partial charge on any atom is 0.223 e. The van der Waals surface area contributed by atoms with Gasteiger partial charge in [-0.3, -0.25) is 14.7 Å². The zero-order chi connectivity index (χ0) is 21.9. The van der Waals surface area contributed by atoms with E-state index in [1.807, 2.05) is 12.4 Å². The topological polar surface area (TPSA) is 48.5 Å². The van der Waals surface area contributed by atoms with Gasteiger partial charge in [-0.05, 0) is 56.2 Å². The first kappa shape index (κ1) is 21.4. The number of piperazine rings is 1. The summed E-state index contributed by atoms with van der Waals surface area (Å²) < 4.78 is 0. The van der Waals surface area contributed by atoms with Gasteiger partial charge in [0.05, 0.1) is 17.9 Å². The smallest absolute Gasteiger partial charge is 0.223 e. The monoisotopic (exact) mass is 432 g/mol. The molecule has 0 spiro atoms. The zero-order valence-corrected chi connectivity index (χ0v) is 19.2. The summed E-state index contributed by atoms with van der Waals surface area (Å²) in [4.78, 5) is 22.5. The Balaban J connectivity index is 1.24. The van der Waals surface area contributed by atoms with Crippen LogP contribution in [-0.2, 0) is 4.79 Å². The highest BCUT2D eigenvalue weighted by Crippen LogP contribution is 2.34. The Morgan fingerprint density at radius 3 is 2.47 bits per heavy atom. The Labute approximate surface area is 192 Å². The molecule has 3 heterocycles. The highest BCUT2D eigenvalue weighted by atomic mass is 16.1. The first-order valence-electron chi connectivity index (χ1n) is 12.5. The first-order valence-corrected chi connectivity index (χ1v) is 12.5. The summed E-state index contributed by atoms with van der Waals surface area (Å²) in [6, 6.07) is 14.0. The normalized spacial score (nSPS) is 24.6. The van der Waals surface area contributed by atoms with Crippen LogP contribution in [0.15, 0.2) is 48.8 Å². The predicted octanol–water partition coefficient (Wildman–Crippen LogP) is 4.48. The number of anilines is 1. The van der Waals surface area contributed by atoms with Crippen LogP contribution in [0.3, 0.4) is 0 Å². The van der Waals surface area contributed by atoms with Crippen LogP contribution in [0.4, 0.5) is 5.69 Å². The predicted molar refractivity (Wildman–Crippen MR) is 129 cm³/mol. The third-order valence-corrected chi connectivity index (χ3v) is 7.91. The molecule has 2 saturated heterocycles. The molecule has 2 aromatic rings. The van der Waals surface area contributed by atoms with E-state index in [1.54, 1.807) is 0 Å². The van der Waals surface area contributed by atoms with Crippen LogP contribution < -0.4 is 10.2 Å². The molecule has 32 heavy (non-hydrogen) atoms. The van der Waals surface area contributed by atoms with Crippen molar-refractivity contribution >= 4 is 11.6 Å². The van der Waals surface area contributed by atoms with Crippen LogP contribution >= 0.6 is 0 Å². The summed E-state index contributed by atoms with van der Waals surface area (Å²) in [5.41, 5.74) is 3.83. The van der Waals surface area contributed by atoms with E-state index in [0.29, 0.717) is 12.1 Å². The number of nitrogens with one attached hydrogen (secondary N) is 1. The van der Waals surface area contributed by atoms with E-state index in [0.717, 1.165) is 38.9 Å². The van der Waals surface area contributed by atoms with Gasteiger partial charge in [0, 0.05) is 43.8 Å². The van der Waals surface area contributed by atoms with Crippen LogP contribution in [0, 0.1) is 12.8 Å². The second-order valence-corrected chi connectivity index (χ2v) is 9.93. The maximum absolute atomic E-state index is 12.9. The molecule has 3 aliphatic rings. The molecule has 0 radical (unpaired) electrons. The second-order valence-electron chi connectivity index (χ2n) is 9.93. The lowest BCUT2D eigenvalue weighted by Crippen LogP contribution is -2.54. The number of amides is 1. The summed E-state index contributed by atoms with van der Waals surface area (Å²) in [7, 11) is 0. The van der Waals surface area contributed by atoms with Gasteiger partial charge in [-0.15, -0.1) is 0 Å². The lowest BCUT2D eigenvalue weighted by atomic mass is 10.00. The van der Waals surface area contributed by atoms with Gasteiger partial charge in [0.1, 0.15) is 0 Å². The molecular formula is C27H36N4O. The average Bonchev–Trinajstić information content (AvgIpc) is 3.43. The zero-order valence-electron chi connectivity index (χ0n) is 19.2. The van der Waals surface area contributed by atoms with Crippen molar-refractivity contribution < 1.29 is 4.79 Å². The van der Waals surface area contributed by atoms with E-state index in [1.165, 1.54) is 42.5 Å². The number of aryl methyl sites for hydroxylation is 1. The quantitative estimate of drug-likeness (QED) is 0.701. The van der Waals surface area contributed by atoms with Crippen LogP contribution in [0.25, 0.3) is 0 Å². The molecule has 1 aromatic heterocycles. The van der Waals surface area contributed by atoms with Gasteiger partial charge in [-0.25, -0.2) is 0 Å². The second kappa shape index (κ2) is 9.62. The van der Waals surface area contributed by atoms with Crippen molar-refractivity contribution in [3.8, 4) is 0 Å². The van der Waals surface area contributed by atoms with Gasteiger partial charge in [0.25, 0.3) is 0 Å². The van der Waals surface area contributed by atoms with Gasteiger partial charge < -0.3 is 10.2 Å². The van der Waals surface area contributed by atoms with Crippen molar-refractivity contribution in [2.45, 2.75) is 70.0 Å². The minimum absolute atomic E-state index is 0.0993. The van der Waals surface area contributed by atoms with Gasteiger partial charge in [0.2, 0.25) is 5.91 Å². The molecule has 5 rings (SSSR count). The lowest BCUT2D eigenvalue weighted by Gasteiger charge is -2.43. The minimum Gasteiger partial charge on any atom is -0.367 e. The average molecular weight is 433 g/mol. The summed E-state index contributed by atoms with van der Waals surface area (Å²) in [5, 5.41) is 3.42. The number of benzene rings is 1. The number of rotatable bonds is 7. The van der Waals surface area contributed by atoms with E-state index >= 15 is 0 Å². The number of hydrogen-bond donors (Lipinski definition) is 1. The summed E-state index contributed by atoms with van der Waals surface area (Å²) in [6.07, 6.45) is 11.9. The van der Waals surface area contributed by atoms with Gasteiger partial charge in [0.15, 0.2) is 0 Å². The fourth-order valence-electron chi connectivity index (χ4n) is 6.10. The number of fused-ring (bicyclic) bond motifs is 2. The lowest BCUT2D eigenvalue weighted by molar-refractivity contribution is -0.125. The highest BCUT2D eigenvalue weighted by Gasteiger charge is 2.40. The Hall–Kier alpha value is -2.40. The van der Waals surface area contributed by atoms with Crippen LogP contribution in [0.2, 0.25) is 0 Å². The van der Waals surface area contributed by atoms with Crippen molar-refractivity contribution in [2.75, 3.05) is 24.5 Å². The molecule has 0 unspecified atom stereocenters. The molecule has 1 N–H and O–H groups in total. The van der Waals surface area contributed by atoms with Gasteiger partial charge in [-0.2, -0.15) is 0 Å². The standard InChI is InChI=1S/C27H36N4O/c1-20-13-15-28-17-26(20)30-18-23-11-12-24(19-30)31(23)16-14-25(21-7-3-2-4-8-21)29-27(32)22-9-5-6-10-22/h2-4,7-8,13,15,17,22-25H,5-6,9-12,14,16,18-19H2,1H3,(H,29,32)/t23-,24-,25+/m1/s1. The molecule has 2 bridgehead atoms. The van der Waals surface area contributed by atoms with E-state index < -0.39 is 0 Å². The molecule has 3 fully saturated rings. The molecule has 5 heteroatoms. The minimum atomic E-state index is 0.0993. The van der Waals surface area contributed by atoms with Crippen molar-refractivity contribution in [3.63, 3.8) is 0 Å². The molecule has 1 amide bonds. The molecule has 5 nitrogen and oxygen atoms in total. The number of hydrogen-bond acceptors (Lipinski definition) is 4. The van der Waals surface area contributed by atoms with Crippen LogP contribution in [-0.4, -0.2) is 47.5 Å². The summed E-state index contributed by atoms with van der Waals surface area (Å²) >= 11 is 0. The Morgan fingerprint density at radius 2 is 1.78 bits per heavy atom. The summed E-state index contributed by atoms with van der Waals surface area (Å²) in [5.74, 6) is 0.472. The Morgan fingerprint density at radius 1 is 1.06 bits per heavy atom. The number of aromatic nitrogens is 1. The molecule has 170 valence electrons. The fourth-order valence-corrected chi connectivity index (χ4v) is 6.10. The van der Waals surface area contributed by atoms with Crippen LogP contribution in [0.1, 0.15) is 62.1 Å². The highest BCUT2D eigenvalue weighted by molar-refractivity contribution is 5.79. The van der Waals surface area contributed by atoms with E-state index in [-0.39, 0.29) is 17.9 Å². The molecular weight excluding hydrogens is 396 g/mol. The van der Waals surface area contributed by atoms with Crippen LogP contribution in [0.5, 0.6) is 0 Å². The van der Waals surface area contributed by atoms with E-state index in [9.17, 15) is 4.79 Å². The number of carbonyl (C=O) groups is 1. The number of carbonyl (C=O) groups excluding carboxylic acids is 1. The largest absolute Gasteiger partial charge is 0.367 e. The Bertz CT molecular complexity index is 897. The molecule has 2 aliphatic heterocycles. The third kappa shape index (κ3) is 4.54. The maximum atomic E-state index is 12.9. The van der Waals surface area contributed by atoms with Crippen molar-refractivity contribution in [1.29, 1.82) is 0 Å². The summed E-state index contributed by atoms with van der Waals surface area (Å²) in [6.45, 7) is 5.38. The number of nitrogens with zero attached hydrogens (tertiary/aromatic N) is 3. The van der Waals surface area contributed by atoms with Crippen molar-refractivity contribution in [1.82, 2.24) is 15.2 Å². The Kier molecular flexibility index (Phi) is 6.44. The SMILES string of the molecule is Cc1ccncc1N1C[C@H]2CC[C@H](C1)N2CC[C@H](NC(=O)C1CCCC1)c1ccccc1. The molecule has 1 aliphatic carbocycles. The van der Waals surface area contributed by atoms with Gasteiger partial charge in [-0.1, -0.05) is 43.2 Å². The molecule has 3 atom stereocenters. The molecule has 1 aromatic carbocycles. The number of pyridine rings is 1.